The number of amidine groups is 1. The number of aromatic nitrogens is 2. The van der Waals surface area contributed by atoms with Crippen molar-refractivity contribution in [2.24, 2.45) is 10.7 Å². The van der Waals surface area contributed by atoms with Gasteiger partial charge in [-0.1, -0.05) is 0 Å². The maximum atomic E-state index is 14.6. The van der Waals surface area contributed by atoms with E-state index in [1.54, 1.807) is 13.0 Å². The second-order valence-electron chi connectivity index (χ2n) is 6.84. The summed E-state index contributed by atoms with van der Waals surface area (Å²) < 4.78 is 49.2. The Bertz CT molecular complexity index is 1040. The standard InChI is InChI=1S/C20H19F3N6O2/c1-2-26-19(25)31-16-5-6-20(22,23)17(16)13-7-11(3-4-14(13)21)29-18(30)15-10-27-12(8-24)9-28-15/h3-4,7,9-10,16-17H,2,5-6H2,1H3,(H2,25,26)(H,29,30). The number of nitrogens with one attached hydrogen (secondary N) is 1. The minimum atomic E-state index is -3.24. The van der Waals surface area contributed by atoms with Crippen LogP contribution in [0.3, 0.4) is 0 Å². The molecule has 1 aromatic heterocycles. The normalized spacial score (nSPS) is 20.2. The van der Waals surface area contributed by atoms with Crippen molar-refractivity contribution in [2.75, 3.05) is 11.9 Å². The lowest BCUT2D eigenvalue weighted by Gasteiger charge is -2.26. The molecular formula is C20H19F3N6O2. The van der Waals surface area contributed by atoms with Crippen LogP contribution in [0, 0.1) is 17.1 Å². The molecule has 1 saturated carbocycles. The predicted molar refractivity (Wildman–Crippen MR) is 105 cm³/mol. The molecule has 3 N–H and O–H groups in total. The Hall–Kier alpha value is -3.68. The van der Waals surface area contributed by atoms with Crippen molar-refractivity contribution in [3.05, 3.63) is 53.4 Å². The number of benzene rings is 1. The summed E-state index contributed by atoms with van der Waals surface area (Å²) in [4.78, 5) is 23.7. The van der Waals surface area contributed by atoms with Crippen molar-refractivity contribution in [1.29, 1.82) is 5.26 Å². The van der Waals surface area contributed by atoms with E-state index in [1.807, 2.05) is 0 Å². The number of rotatable bonds is 5. The van der Waals surface area contributed by atoms with Gasteiger partial charge in [0.25, 0.3) is 17.9 Å². The maximum Gasteiger partial charge on any atom is 0.282 e. The van der Waals surface area contributed by atoms with E-state index in [0.717, 1.165) is 24.5 Å². The van der Waals surface area contributed by atoms with Gasteiger partial charge >= 0.3 is 0 Å². The summed E-state index contributed by atoms with van der Waals surface area (Å²) in [6.45, 7) is 2.02. The Kier molecular flexibility index (Phi) is 6.39. The molecule has 31 heavy (non-hydrogen) atoms. The summed E-state index contributed by atoms with van der Waals surface area (Å²) in [6.07, 6.45) is 0.611. The van der Waals surface area contributed by atoms with Crippen LogP contribution in [0.4, 0.5) is 18.9 Å². The molecule has 0 spiro atoms. The number of halogens is 3. The highest BCUT2D eigenvalue weighted by molar-refractivity contribution is 6.02. The van der Waals surface area contributed by atoms with Gasteiger partial charge in [-0.3, -0.25) is 4.79 Å². The summed E-state index contributed by atoms with van der Waals surface area (Å²) in [5, 5.41) is 11.2. The van der Waals surface area contributed by atoms with E-state index in [1.165, 1.54) is 6.07 Å². The Balaban J connectivity index is 1.87. The van der Waals surface area contributed by atoms with Crippen molar-refractivity contribution in [3.8, 4) is 6.07 Å². The molecule has 0 aliphatic heterocycles. The molecule has 162 valence electrons. The van der Waals surface area contributed by atoms with E-state index in [-0.39, 0.29) is 35.1 Å². The lowest BCUT2D eigenvalue weighted by atomic mass is 9.92. The second kappa shape index (κ2) is 8.99. The number of carbonyl (C=O) groups excluding carboxylic acids is 1. The fraction of sp³-hybridized carbons (Fsp3) is 0.350. The van der Waals surface area contributed by atoms with Gasteiger partial charge in [-0.05, 0) is 31.5 Å². The zero-order chi connectivity index (χ0) is 22.6. The molecular weight excluding hydrogens is 413 g/mol. The average Bonchev–Trinajstić information content (AvgIpc) is 3.03. The highest BCUT2D eigenvalue weighted by Gasteiger charge is 2.53. The third-order valence-corrected chi connectivity index (χ3v) is 4.76. The number of alkyl halides is 2. The van der Waals surface area contributed by atoms with Crippen LogP contribution >= 0.6 is 0 Å². The lowest BCUT2D eigenvalue weighted by Crippen LogP contribution is -2.32. The van der Waals surface area contributed by atoms with Crippen molar-refractivity contribution >= 4 is 17.6 Å². The molecule has 0 radical (unpaired) electrons. The number of nitriles is 1. The highest BCUT2D eigenvalue weighted by Crippen LogP contribution is 2.49. The first kappa shape index (κ1) is 22.0. The van der Waals surface area contributed by atoms with Crippen LogP contribution in [0.1, 0.15) is 47.4 Å². The maximum absolute atomic E-state index is 14.6. The highest BCUT2D eigenvalue weighted by atomic mass is 19.3. The monoisotopic (exact) mass is 432 g/mol. The SMILES string of the molecule is CCN=C(N)OC1CCC(F)(F)C1c1cc(NC(=O)c2cnc(C#N)cn2)ccc1F. The van der Waals surface area contributed by atoms with Gasteiger partial charge in [0.15, 0.2) is 5.69 Å². The van der Waals surface area contributed by atoms with Crippen LogP contribution in [-0.2, 0) is 4.74 Å². The Morgan fingerprint density at radius 1 is 1.42 bits per heavy atom. The average molecular weight is 432 g/mol. The molecule has 1 aromatic carbocycles. The van der Waals surface area contributed by atoms with Crippen LogP contribution in [0.15, 0.2) is 35.6 Å². The summed E-state index contributed by atoms with van der Waals surface area (Å²) in [5.74, 6) is -6.40. The van der Waals surface area contributed by atoms with Crippen molar-refractivity contribution in [2.45, 2.75) is 37.7 Å². The number of aliphatic imine (C=N–C) groups is 1. The lowest BCUT2D eigenvalue weighted by molar-refractivity contribution is -0.0257. The number of nitrogens with zero attached hydrogens (tertiary/aromatic N) is 4. The number of nitrogens with two attached hydrogens (primary N) is 1. The smallest absolute Gasteiger partial charge is 0.282 e. The summed E-state index contributed by atoms with van der Waals surface area (Å²) in [6, 6.07) is 4.90. The third-order valence-electron chi connectivity index (χ3n) is 4.76. The minimum Gasteiger partial charge on any atom is -0.461 e. The van der Waals surface area contributed by atoms with Crippen LogP contribution in [0.2, 0.25) is 0 Å². The summed E-state index contributed by atoms with van der Waals surface area (Å²) >= 11 is 0. The molecule has 1 aliphatic carbocycles. The van der Waals surface area contributed by atoms with E-state index in [0.29, 0.717) is 6.54 Å². The zero-order valence-electron chi connectivity index (χ0n) is 16.5. The molecule has 1 heterocycles. The van der Waals surface area contributed by atoms with Crippen molar-refractivity contribution < 1.29 is 22.7 Å². The molecule has 1 amide bonds. The fourth-order valence-electron chi connectivity index (χ4n) is 3.39. The van der Waals surface area contributed by atoms with E-state index in [4.69, 9.17) is 15.7 Å². The molecule has 0 bridgehead atoms. The van der Waals surface area contributed by atoms with Gasteiger partial charge in [0.2, 0.25) is 0 Å². The Morgan fingerprint density at radius 3 is 2.84 bits per heavy atom. The summed E-state index contributed by atoms with van der Waals surface area (Å²) in [5.41, 5.74) is 5.33. The van der Waals surface area contributed by atoms with Crippen LogP contribution in [0.5, 0.6) is 0 Å². The first-order valence-electron chi connectivity index (χ1n) is 9.42. The number of ether oxygens (including phenoxy) is 1. The Morgan fingerprint density at radius 2 is 2.19 bits per heavy atom. The first-order chi connectivity index (χ1) is 14.7. The molecule has 1 aliphatic rings. The molecule has 2 aromatic rings. The molecule has 0 saturated heterocycles. The molecule has 2 unspecified atom stereocenters. The van der Waals surface area contributed by atoms with E-state index in [2.05, 4.69) is 20.3 Å². The van der Waals surface area contributed by atoms with Gasteiger partial charge in [-0.15, -0.1) is 0 Å². The topological polar surface area (TPSA) is 126 Å². The van der Waals surface area contributed by atoms with Crippen LogP contribution < -0.4 is 11.1 Å². The number of hydrogen-bond acceptors (Lipinski definition) is 6. The molecule has 11 heteroatoms. The van der Waals surface area contributed by atoms with Gasteiger partial charge in [0, 0.05) is 24.2 Å². The van der Waals surface area contributed by atoms with E-state index >= 15 is 0 Å². The number of hydrogen-bond donors (Lipinski definition) is 2. The molecule has 1 fully saturated rings. The molecule has 2 atom stereocenters. The largest absolute Gasteiger partial charge is 0.461 e. The van der Waals surface area contributed by atoms with Crippen LogP contribution in [0.25, 0.3) is 0 Å². The van der Waals surface area contributed by atoms with E-state index < -0.39 is 36.1 Å². The molecule has 3 rings (SSSR count). The van der Waals surface area contributed by atoms with E-state index in [9.17, 15) is 18.0 Å². The second-order valence-corrected chi connectivity index (χ2v) is 6.84. The van der Waals surface area contributed by atoms with Gasteiger partial charge in [-0.25, -0.2) is 28.1 Å². The number of amides is 1. The minimum absolute atomic E-state index is 0.0287. The number of carbonyl (C=O) groups is 1. The molecule has 8 nitrogen and oxygen atoms in total. The first-order valence-corrected chi connectivity index (χ1v) is 9.42. The van der Waals surface area contributed by atoms with Gasteiger partial charge < -0.3 is 15.8 Å². The zero-order valence-corrected chi connectivity index (χ0v) is 16.5. The van der Waals surface area contributed by atoms with Gasteiger partial charge in [-0.2, -0.15) is 5.26 Å². The third kappa shape index (κ3) is 4.91. The van der Waals surface area contributed by atoms with Crippen molar-refractivity contribution in [1.82, 2.24) is 9.97 Å². The quantitative estimate of drug-likeness (QED) is 0.553. The fourth-order valence-corrected chi connectivity index (χ4v) is 3.39. The van der Waals surface area contributed by atoms with Crippen LogP contribution in [-0.4, -0.2) is 40.5 Å². The van der Waals surface area contributed by atoms with Gasteiger partial charge in [0.05, 0.1) is 18.3 Å². The predicted octanol–water partition coefficient (Wildman–Crippen LogP) is 2.97. The van der Waals surface area contributed by atoms with Gasteiger partial charge in [0.1, 0.15) is 23.7 Å². The number of anilines is 1. The Labute approximate surface area is 176 Å². The van der Waals surface area contributed by atoms with Crippen molar-refractivity contribution in [3.63, 3.8) is 0 Å². The summed E-state index contributed by atoms with van der Waals surface area (Å²) in [7, 11) is 0.